The molecule has 0 aromatic heterocycles. The van der Waals surface area contributed by atoms with Gasteiger partial charge in [0.25, 0.3) is 0 Å². The lowest BCUT2D eigenvalue weighted by molar-refractivity contribution is -0.0281. The average molecular weight is 395 g/mol. The van der Waals surface area contributed by atoms with Gasteiger partial charge in [-0.05, 0) is 11.1 Å². The van der Waals surface area contributed by atoms with Crippen LogP contribution in [-0.4, -0.2) is 23.9 Å². The third kappa shape index (κ3) is 6.03. The molecule has 0 saturated carbocycles. The van der Waals surface area contributed by atoms with Crippen LogP contribution in [0.5, 0.6) is 0 Å². The summed E-state index contributed by atoms with van der Waals surface area (Å²) < 4.78 is 11.8. The van der Waals surface area contributed by atoms with Crippen LogP contribution in [0.4, 0.5) is 0 Å². The fourth-order valence-corrected chi connectivity index (χ4v) is 3.06. The smallest absolute Gasteiger partial charge is 0.183 e. The topological polar surface area (TPSA) is 35.5 Å². The predicted octanol–water partition coefficient (Wildman–Crippen LogP) is 5.28. The Kier molecular flexibility index (Phi) is 7.80. The van der Waals surface area contributed by atoms with Gasteiger partial charge in [0.15, 0.2) is 5.78 Å². The summed E-state index contributed by atoms with van der Waals surface area (Å²) in [5.41, 5.74) is 2.65. The van der Waals surface area contributed by atoms with Crippen LogP contribution in [0.1, 0.15) is 21.5 Å². The largest absolute Gasteiger partial charge is 0.374 e. The molecule has 28 heavy (non-hydrogen) atoms. The molecule has 144 valence electrons. The zero-order valence-electron chi connectivity index (χ0n) is 15.5. The maximum atomic E-state index is 12.8. The Bertz CT molecular complexity index is 837. The van der Waals surface area contributed by atoms with E-state index in [0.717, 1.165) is 11.1 Å². The molecular weight excluding hydrogens is 372 g/mol. The van der Waals surface area contributed by atoms with Crippen molar-refractivity contribution in [2.45, 2.75) is 24.7 Å². The van der Waals surface area contributed by atoms with Crippen molar-refractivity contribution in [3.05, 3.63) is 108 Å². The summed E-state index contributed by atoms with van der Waals surface area (Å²) >= 11 is 6.53. The Hall–Kier alpha value is -2.46. The summed E-state index contributed by atoms with van der Waals surface area (Å²) in [6, 6.07) is 28.7. The minimum absolute atomic E-state index is 0.163. The summed E-state index contributed by atoms with van der Waals surface area (Å²) in [5.74, 6) is -0.163. The molecule has 0 spiro atoms. The summed E-state index contributed by atoms with van der Waals surface area (Å²) in [4.78, 5) is 12.8. The Morgan fingerprint density at radius 1 is 0.750 bits per heavy atom. The number of carbonyl (C=O) groups excluding carboxylic acids is 1. The summed E-state index contributed by atoms with van der Waals surface area (Å²) in [6.07, 6.45) is -0.557. The lowest BCUT2D eigenvalue weighted by atomic mass is 10.0. The minimum Gasteiger partial charge on any atom is -0.374 e. The SMILES string of the molecule is O=C(c1ccccc1)C(Cl)C(COCc1ccccc1)OCc1ccccc1. The number of alkyl halides is 1. The molecule has 0 radical (unpaired) electrons. The van der Waals surface area contributed by atoms with Crippen molar-refractivity contribution >= 4 is 17.4 Å². The number of carbonyl (C=O) groups is 1. The molecule has 0 aliphatic rings. The second-order valence-corrected chi connectivity index (χ2v) is 6.94. The van der Waals surface area contributed by atoms with E-state index in [1.54, 1.807) is 12.1 Å². The van der Waals surface area contributed by atoms with E-state index in [2.05, 4.69) is 0 Å². The Morgan fingerprint density at radius 2 is 1.25 bits per heavy atom. The van der Waals surface area contributed by atoms with Gasteiger partial charge in [-0.3, -0.25) is 4.79 Å². The van der Waals surface area contributed by atoms with E-state index in [4.69, 9.17) is 21.1 Å². The first kappa shape index (κ1) is 20.3. The molecule has 0 heterocycles. The number of rotatable bonds is 10. The van der Waals surface area contributed by atoms with Crippen LogP contribution < -0.4 is 0 Å². The highest BCUT2D eigenvalue weighted by molar-refractivity contribution is 6.34. The Balaban J connectivity index is 1.64. The number of hydrogen-bond donors (Lipinski definition) is 0. The number of ether oxygens (including phenoxy) is 2. The van der Waals surface area contributed by atoms with Crippen LogP contribution in [0.2, 0.25) is 0 Å². The van der Waals surface area contributed by atoms with Gasteiger partial charge in [0.05, 0.1) is 19.8 Å². The molecule has 0 aliphatic heterocycles. The first-order chi connectivity index (χ1) is 13.7. The zero-order valence-corrected chi connectivity index (χ0v) is 16.3. The van der Waals surface area contributed by atoms with Crippen molar-refractivity contribution in [3.8, 4) is 0 Å². The first-order valence-electron chi connectivity index (χ1n) is 9.24. The van der Waals surface area contributed by atoms with Crippen LogP contribution in [0.3, 0.4) is 0 Å². The normalized spacial score (nSPS) is 13.0. The number of ketones is 1. The highest BCUT2D eigenvalue weighted by Gasteiger charge is 2.28. The zero-order chi connectivity index (χ0) is 19.6. The second kappa shape index (κ2) is 10.8. The fraction of sp³-hybridized carbons (Fsp3) is 0.208. The standard InChI is InChI=1S/C24H23ClO3/c25-23(24(26)21-14-8-3-9-15-21)22(28-17-20-12-6-2-7-13-20)18-27-16-19-10-4-1-5-11-19/h1-15,22-23H,16-18H2. The molecule has 0 bridgehead atoms. The van der Waals surface area contributed by atoms with Crippen molar-refractivity contribution < 1.29 is 14.3 Å². The predicted molar refractivity (Wildman–Crippen MR) is 112 cm³/mol. The van der Waals surface area contributed by atoms with Crippen LogP contribution in [0, 0.1) is 0 Å². The van der Waals surface area contributed by atoms with E-state index in [0.29, 0.717) is 18.8 Å². The number of benzene rings is 3. The molecule has 0 aliphatic carbocycles. The van der Waals surface area contributed by atoms with Crippen LogP contribution in [-0.2, 0) is 22.7 Å². The van der Waals surface area contributed by atoms with Gasteiger partial charge in [-0.25, -0.2) is 0 Å². The number of halogens is 1. The highest BCUT2D eigenvalue weighted by Crippen LogP contribution is 2.17. The average Bonchev–Trinajstić information content (AvgIpc) is 2.77. The van der Waals surface area contributed by atoms with Crippen molar-refractivity contribution in [1.29, 1.82) is 0 Å². The van der Waals surface area contributed by atoms with E-state index in [1.165, 1.54) is 0 Å². The van der Waals surface area contributed by atoms with Gasteiger partial charge in [0, 0.05) is 5.56 Å². The van der Waals surface area contributed by atoms with Gasteiger partial charge >= 0.3 is 0 Å². The third-order valence-corrected chi connectivity index (χ3v) is 4.82. The van der Waals surface area contributed by atoms with E-state index >= 15 is 0 Å². The fourth-order valence-electron chi connectivity index (χ4n) is 2.79. The monoisotopic (exact) mass is 394 g/mol. The highest BCUT2D eigenvalue weighted by atomic mass is 35.5. The van der Waals surface area contributed by atoms with E-state index < -0.39 is 11.5 Å². The van der Waals surface area contributed by atoms with Crippen molar-refractivity contribution in [1.82, 2.24) is 0 Å². The van der Waals surface area contributed by atoms with Gasteiger partial charge in [-0.2, -0.15) is 0 Å². The Morgan fingerprint density at radius 3 is 1.82 bits per heavy atom. The molecule has 4 heteroatoms. The molecule has 0 fully saturated rings. The first-order valence-corrected chi connectivity index (χ1v) is 9.68. The van der Waals surface area contributed by atoms with Crippen molar-refractivity contribution in [2.24, 2.45) is 0 Å². The number of hydrogen-bond acceptors (Lipinski definition) is 3. The molecule has 0 amide bonds. The van der Waals surface area contributed by atoms with Gasteiger partial charge in [-0.1, -0.05) is 91.0 Å². The van der Waals surface area contributed by atoms with E-state index in [-0.39, 0.29) is 12.4 Å². The Labute approximate surface area is 170 Å². The van der Waals surface area contributed by atoms with E-state index in [1.807, 2.05) is 78.9 Å². The minimum atomic E-state index is -0.832. The van der Waals surface area contributed by atoms with Crippen molar-refractivity contribution in [3.63, 3.8) is 0 Å². The molecule has 3 nitrogen and oxygen atoms in total. The van der Waals surface area contributed by atoms with Crippen LogP contribution in [0.25, 0.3) is 0 Å². The van der Waals surface area contributed by atoms with Gasteiger partial charge in [0.2, 0.25) is 0 Å². The molecule has 3 aromatic carbocycles. The van der Waals surface area contributed by atoms with Gasteiger partial charge in [0.1, 0.15) is 11.5 Å². The quantitative estimate of drug-likeness (QED) is 0.346. The molecule has 0 N–H and O–H groups in total. The van der Waals surface area contributed by atoms with Gasteiger partial charge in [-0.15, -0.1) is 11.6 Å². The van der Waals surface area contributed by atoms with Crippen molar-refractivity contribution in [2.75, 3.05) is 6.61 Å². The molecule has 3 rings (SSSR count). The molecule has 2 atom stereocenters. The molecule has 3 aromatic rings. The maximum absolute atomic E-state index is 12.8. The molecular formula is C24H23ClO3. The van der Waals surface area contributed by atoms with Crippen LogP contribution in [0.15, 0.2) is 91.0 Å². The summed E-state index contributed by atoms with van der Waals surface area (Å²) in [7, 11) is 0. The van der Waals surface area contributed by atoms with Crippen LogP contribution >= 0.6 is 11.6 Å². The summed E-state index contributed by atoms with van der Waals surface area (Å²) in [5, 5.41) is -0.832. The maximum Gasteiger partial charge on any atom is 0.183 e. The third-order valence-electron chi connectivity index (χ3n) is 4.34. The number of Topliss-reactive ketones (excluding diaryl/α,β-unsaturated/α-hetero) is 1. The van der Waals surface area contributed by atoms with E-state index in [9.17, 15) is 4.79 Å². The lowest BCUT2D eigenvalue weighted by Gasteiger charge is -2.22. The molecule has 2 unspecified atom stereocenters. The second-order valence-electron chi connectivity index (χ2n) is 6.47. The summed E-state index contributed by atoms with van der Waals surface area (Å²) in [6.45, 7) is 1.04. The lowest BCUT2D eigenvalue weighted by Crippen LogP contribution is -2.35. The molecule has 0 saturated heterocycles. The van der Waals surface area contributed by atoms with Gasteiger partial charge < -0.3 is 9.47 Å².